The monoisotopic (exact) mass is 364 g/mol. The van der Waals surface area contributed by atoms with Crippen molar-refractivity contribution < 1.29 is 28.3 Å². The van der Waals surface area contributed by atoms with Gasteiger partial charge < -0.3 is 19.5 Å². The molecule has 2 rings (SSSR count). The Labute approximate surface area is 148 Å². The van der Waals surface area contributed by atoms with E-state index < -0.39 is 28.9 Å². The van der Waals surface area contributed by atoms with Gasteiger partial charge in [0, 0.05) is 18.7 Å². The van der Waals surface area contributed by atoms with E-state index in [9.17, 15) is 19.3 Å². The second-order valence-corrected chi connectivity index (χ2v) is 5.12. The van der Waals surface area contributed by atoms with Crippen molar-refractivity contribution in [2.45, 2.75) is 6.54 Å². The number of methoxy groups -OCH3 is 2. The summed E-state index contributed by atoms with van der Waals surface area (Å²) in [6, 6.07) is 7.94. The average Bonchev–Trinajstić information content (AvgIpc) is 2.64. The maximum atomic E-state index is 13.2. The lowest BCUT2D eigenvalue weighted by Crippen LogP contribution is -2.28. The van der Waals surface area contributed by atoms with Crippen LogP contribution in [0.25, 0.3) is 0 Å². The first-order chi connectivity index (χ1) is 12.4. The summed E-state index contributed by atoms with van der Waals surface area (Å²) in [5.41, 5.74) is 0.340. The molecule has 0 fully saturated rings. The van der Waals surface area contributed by atoms with Crippen LogP contribution < -0.4 is 19.5 Å². The van der Waals surface area contributed by atoms with E-state index in [4.69, 9.17) is 14.2 Å². The Bertz CT molecular complexity index is 812. The van der Waals surface area contributed by atoms with E-state index >= 15 is 0 Å². The Morgan fingerprint density at radius 2 is 1.85 bits per heavy atom. The van der Waals surface area contributed by atoms with Gasteiger partial charge in [-0.15, -0.1) is 0 Å². The number of nitro benzene ring substituents is 1. The first-order valence-corrected chi connectivity index (χ1v) is 7.49. The standard InChI is InChI=1S/C17H17FN2O6/c1-24-14-6-3-11(7-16(14)25-2)9-19-17(21)10-26-15-8-12(18)4-5-13(15)20(22)23/h3-8H,9-10H2,1-2H3,(H,19,21). The maximum absolute atomic E-state index is 13.2. The molecule has 2 aromatic carbocycles. The van der Waals surface area contributed by atoms with Crippen LogP contribution in [0.3, 0.4) is 0 Å². The van der Waals surface area contributed by atoms with Gasteiger partial charge in [-0.3, -0.25) is 14.9 Å². The topological polar surface area (TPSA) is 99.9 Å². The van der Waals surface area contributed by atoms with Crippen LogP contribution in [0, 0.1) is 15.9 Å². The summed E-state index contributed by atoms with van der Waals surface area (Å²) in [5, 5.41) is 13.5. The minimum absolute atomic E-state index is 0.188. The lowest BCUT2D eigenvalue weighted by atomic mass is 10.2. The van der Waals surface area contributed by atoms with Crippen LogP contribution in [0.2, 0.25) is 0 Å². The normalized spacial score (nSPS) is 10.1. The first kappa shape index (κ1) is 19.0. The highest BCUT2D eigenvalue weighted by Crippen LogP contribution is 2.28. The van der Waals surface area contributed by atoms with Crippen LogP contribution in [-0.2, 0) is 11.3 Å². The summed E-state index contributed by atoms with van der Waals surface area (Å²) < 4.78 is 28.6. The third-order valence-electron chi connectivity index (χ3n) is 3.41. The second-order valence-electron chi connectivity index (χ2n) is 5.12. The summed E-state index contributed by atoms with van der Waals surface area (Å²) in [6.45, 7) is -0.300. The molecular formula is C17H17FN2O6. The van der Waals surface area contributed by atoms with Crippen molar-refractivity contribution in [3.8, 4) is 17.2 Å². The molecule has 8 nitrogen and oxygen atoms in total. The smallest absolute Gasteiger partial charge is 0.311 e. The van der Waals surface area contributed by atoms with Crippen molar-refractivity contribution in [1.29, 1.82) is 0 Å². The average molecular weight is 364 g/mol. The number of carbonyl (C=O) groups is 1. The molecule has 0 atom stereocenters. The van der Waals surface area contributed by atoms with Gasteiger partial charge in [0.25, 0.3) is 5.91 Å². The van der Waals surface area contributed by atoms with E-state index in [2.05, 4.69) is 5.32 Å². The minimum atomic E-state index is -0.712. The highest BCUT2D eigenvalue weighted by molar-refractivity contribution is 5.77. The summed E-state index contributed by atoms with van der Waals surface area (Å²) in [7, 11) is 3.02. The zero-order valence-electron chi connectivity index (χ0n) is 14.2. The number of nitrogens with zero attached hydrogens (tertiary/aromatic N) is 1. The van der Waals surface area contributed by atoms with E-state index in [1.165, 1.54) is 14.2 Å². The zero-order valence-corrected chi connectivity index (χ0v) is 14.2. The predicted octanol–water partition coefficient (Wildman–Crippen LogP) is 2.45. The number of hydrogen-bond donors (Lipinski definition) is 1. The van der Waals surface area contributed by atoms with Gasteiger partial charge in [0.1, 0.15) is 5.82 Å². The number of amides is 1. The van der Waals surface area contributed by atoms with E-state index in [-0.39, 0.29) is 12.3 Å². The number of hydrogen-bond acceptors (Lipinski definition) is 6. The van der Waals surface area contributed by atoms with Crippen LogP contribution >= 0.6 is 0 Å². The number of rotatable bonds is 8. The molecule has 0 bridgehead atoms. The fraction of sp³-hybridized carbons (Fsp3) is 0.235. The molecule has 0 saturated carbocycles. The maximum Gasteiger partial charge on any atom is 0.311 e. The molecule has 138 valence electrons. The molecule has 0 aliphatic rings. The van der Waals surface area contributed by atoms with Gasteiger partial charge in [0.15, 0.2) is 18.1 Å². The zero-order chi connectivity index (χ0) is 19.1. The fourth-order valence-electron chi connectivity index (χ4n) is 2.14. The first-order valence-electron chi connectivity index (χ1n) is 7.49. The summed E-state index contributed by atoms with van der Waals surface area (Å²) in [4.78, 5) is 22.0. The largest absolute Gasteiger partial charge is 0.493 e. The number of carbonyl (C=O) groups excluding carboxylic acids is 1. The van der Waals surface area contributed by atoms with Crippen molar-refractivity contribution in [2.24, 2.45) is 0 Å². The lowest BCUT2D eigenvalue weighted by Gasteiger charge is -2.11. The number of halogens is 1. The molecule has 1 amide bonds. The van der Waals surface area contributed by atoms with Crippen molar-refractivity contribution >= 4 is 11.6 Å². The highest BCUT2D eigenvalue weighted by atomic mass is 19.1. The molecule has 0 aliphatic carbocycles. The van der Waals surface area contributed by atoms with E-state index in [1.807, 2.05) is 0 Å². The SMILES string of the molecule is COc1ccc(CNC(=O)COc2cc(F)ccc2[N+](=O)[O-])cc1OC. The molecule has 0 heterocycles. The van der Waals surface area contributed by atoms with Crippen LogP contribution in [0.1, 0.15) is 5.56 Å². The third-order valence-corrected chi connectivity index (χ3v) is 3.41. The van der Waals surface area contributed by atoms with Crippen LogP contribution in [0.4, 0.5) is 10.1 Å². The van der Waals surface area contributed by atoms with Crippen LogP contribution in [0.15, 0.2) is 36.4 Å². The Morgan fingerprint density at radius 1 is 1.12 bits per heavy atom. The molecule has 0 unspecified atom stereocenters. The number of nitro groups is 1. The summed E-state index contributed by atoms with van der Waals surface area (Å²) >= 11 is 0. The molecule has 2 aromatic rings. The van der Waals surface area contributed by atoms with Gasteiger partial charge >= 0.3 is 5.69 Å². The quantitative estimate of drug-likeness (QED) is 0.570. The van der Waals surface area contributed by atoms with Crippen molar-refractivity contribution in [3.05, 3.63) is 57.9 Å². The lowest BCUT2D eigenvalue weighted by molar-refractivity contribution is -0.385. The van der Waals surface area contributed by atoms with Crippen molar-refractivity contribution in [3.63, 3.8) is 0 Å². The Hall–Kier alpha value is -3.36. The van der Waals surface area contributed by atoms with Crippen LogP contribution in [0.5, 0.6) is 17.2 Å². The molecule has 0 aliphatic heterocycles. The summed E-state index contributed by atoms with van der Waals surface area (Å²) in [5.74, 6) is -0.443. The molecule has 1 N–H and O–H groups in total. The van der Waals surface area contributed by atoms with Crippen molar-refractivity contribution in [1.82, 2.24) is 5.32 Å². The van der Waals surface area contributed by atoms with Gasteiger partial charge in [-0.1, -0.05) is 6.07 Å². The number of benzene rings is 2. The van der Waals surface area contributed by atoms with Gasteiger partial charge in [-0.2, -0.15) is 0 Å². The predicted molar refractivity (Wildman–Crippen MR) is 89.9 cm³/mol. The molecule has 0 radical (unpaired) electrons. The molecule has 0 spiro atoms. The highest BCUT2D eigenvalue weighted by Gasteiger charge is 2.17. The summed E-state index contributed by atoms with van der Waals surface area (Å²) in [6.07, 6.45) is 0. The second kappa shape index (κ2) is 8.65. The molecular weight excluding hydrogens is 347 g/mol. The van der Waals surface area contributed by atoms with Gasteiger partial charge in [0.2, 0.25) is 5.75 Å². The Morgan fingerprint density at radius 3 is 2.50 bits per heavy atom. The van der Waals surface area contributed by atoms with E-state index in [1.54, 1.807) is 18.2 Å². The number of ether oxygens (including phenoxy) is 3. The minimum Gasteiger partial charge on any atom is -0.493 e. The van der Waals surface area contributed by atoms with Crippen molar-refractivity contribution in [2.75, 3.05) is 20.8 Å². The Kier molecular flexibility index (Phi) is 6.31. The molecule has 9 heteroatoms. The fourth-order valence-corrected chi connectivity index (χ4v) is 2.14. The molecule has 0 aromatic heterocycles. The van der Waals surface area contributed by atoms with Gasteiger partial charge in [-0.05, 0) is 23.8 Å². The third kappa shape index (κ3) is 4.82. The molecule has 26 heavy (non-hydrogen) atoms. The van der Waals surface area contributed by atoms with Gasteiger partial charge in [-0.25, -0.2) is 4.39 Å². The van der Waals surface area contributed by atoms with E-state index in [0.717, 1.165) is 23.8 Å². The van der Waals surface area contributed by atoms with Crippen LogP contribution in [-0.4, -0.2) is 31.7 Å². The number of nitrogens with one attached hydrogen (secondary N) is 1. The van der Waals surface area contributed by atoms with E-state index in [0.29, 0.717) is 11.5 Å². The Balaban J connectivity index is 1.94. The molecule has 0 saturated heterocycles. The van der Waals surface area contributed by atoms with Gasteiger partial charge in [0.05, 0.1) is 19.1 Å².